The van der Waals surface area contributed by atoms with Crippen LogP contribution in [0.1, 0.15) is 39.5 Å². The number of nitriles is 2. The standard InChI is InChI=1S/C12H17N5O3/c1-11(7-13,5-3-9(15)18)16-17-12(2,8-14)6-4-10(19)20/h3-6H2,1-2H3,(H2,15,18)(H,19,20). The molecule has 0 spiro atoms. The molecule has 2 atom stereocenters. The minimum absolute atomic E-state index is 0.0142. The Balaban J connectivity index is 4.92. The first-order chi connectivity index (χ1) is 9.16. The molecule has 8 heteroatoms. The Labute approximate surface area is 116 Å². The van der Waals surface area contributed by atoms with Crippen LogP contribution in [0.25, 0.3) is 0 Å². The van der Waals surface area contributed by atoms with Gasteiger partial charge in [-0.2, -0.15) is 20.8 Å². The van der Waals surface area contributed by atoms with E-state index < -0.39 is 23.0 Å². The summed E-state index contributed by atoms with van der Waals surface area (Å²) in [7, 11) is 0. The Kier molecular flexibility index (Phi) is 6.30. The van der Waals surface area contributed by atoms with E-state index in [0.29, 0.717) is 0 Å². The van der Waals surface area contributed by atoms with Crippen LogP contribution in [0.15, 0.2) is 10.2 Å². The van der Waals surface area contributed by atoms with Crippen molar-refractivity contribution in [2.24, 2.45) is 16.0 Å². The molecule has 0 aromatic heterocycles. The monoisotopic (exact) mass is 279 g/mol. The zero-order valence-corrected chi connectivity index (χ0v) is 11.5. The van der Waals surface area contributed by atoms with E-state index in [-0.39, 0.29) is 25.7 Å². The molecule has 0 saturated carbocycles. The van der Waals surface area contributed by atoms with Crippen LogP contribution in [-0.2, 0) is 9.59 Å². The first-order valence-corrected chi connectivity index (χ1v) is 5.93. The number of azo groups is 1. The fourth-order valence-electron chi connectivity index (χ4n) is 1.19. The molecule has 20 heavy (non-hydrogen) atoms. The molecule has 0 aliphatic heterocycles. The molecule has 108 valence electrons. The molecule has 0 fully saturated rings. The second-order valence-corrected chi connectivity index (χ2v) is 4.83. The first kappa shape index (κ1) is 17.5. The zero-order valence-electron chi connectivity index (χ0n) is 11.5. The highest BCUT2D eigenvalue weighted by atomic mass is 16.4. The minimum Gasteiger partial charge on any atom is -0.481 e. The number of nitrogens with two attached hydrogens (primary N) is 1. The van der Waals surface area contributed by atoms with Crippen LogP contribution in [0.3, 0.4) is 0 Å². The van der Waals surface area contributed by atoms with Crippen molar-refractivity contribution in [3.8, 4) is 12.1 Å². The van der Waals surface area contributed by atoms with Gasteiger partial charge < -0.3 is 10.8 Å². The predicted octanol–water partition coefficient (Wildman–Crippen LogP) is 1.13. The summed E-state index contributed by atoms with van der Waals surface area (Å²) in [6.45, 7) is 2.90. The highest BCUT2D eigenvalue weighted by Gasteiger charge is 2.29. The van der Waals surface area contributed by atoms with E-state index in [1.54, 1.807) is 0 Å². The van der Waals surface area contributed by atoms with Gasteiger partial charge in [-0.1, -0.05) is 0 Å². The molecule has 0 aromatic rings. The van der Waals surface area contributed by atoms with E-state index in [1.807, 2.05) is 12.1 Å². The number of aliphatic carboxylic acids is 1. The summed E-state index contributed by atoms with van der Waals surface area (Å²) in [6.07, 6.45) is -0.183. The van der Waals surface area contributed by atoms with Gasteiger partial charge >= 0.3 is 5.97 Å². The van der Waals surface area contributed by atoms with E-state index in [2.05, 4.69) is 10.2 Å². The first-order valence-electron chi connectivity index (χ1n) is 5.93. The Morgan fingerprint density at radius 2 is 1.50 bits per heavy atom. The lowest BCUT2D eigenvalue weighted by Gasteiger charge is -2.18. The summed E-state index contributed by atoms with van der Waals surface area (Å²) in [5, 5.41) is 34.3. The van der Waals surface area contributed by atoms with Gasteiger partial charge in [0.05, 0.1) is 12.1 Å². The lowest BCUT2D eigenvalue weighted by atomic mass is 9.97. The van der Waals surface area contributed by atoms with Crippen LogP contribution >= 0.6 is 0 Å². The number of carboxylic acids is 1. The van der Waals surface area contributed by atoms with Crippen molar-refractivity contribution in [1.29, 1.82) is 10.5 Å². The van der Waals surface area contributed by atoms with E-state index in [0.717, 1.165) is 0 Å². The number of carboxylic acid groups (broad SMARTS) is 1. The number of primary amides is 1. The van der Waals surface area contributed by atoms with Crippen LogP contribution in [0.5, 0.6) is 0 Å². The van der Waals surface area contributed by atoms with Crippen molar-refractivity contribution in [2.45, 2.75) is 50.6 Å². The Morgan fingerprint density at radius 1 is 1.10 bits per heavy atom. The van der Waals surface area contributed by atoms with Gasteiger partial charge in [0, 0.05) is 12.8 Å². The highest BCUT2D eigenvalue weighted by Crippen LogP contribution is 2.23. The second-order valence-electron chi connectivity index (χ2n) is 4.83. The Morgan fingerprint density at radius 3 is 1.80 bits per heavy atom. The fraction of sp³-hybridized carbons (Fsp3) is 0.667. The van der Waals surface area contributed by atoms with Crippen molar-refractivity contribution in [3.63, 3.8) is 0 Å². The van der Waals surface area contributed by atoms with Crippen LogP contribution in [0, 0.1) is 22.7 Å². The van der Waals surface area contributed by atoms with E-state index in [1.165, 1.54) is 13.8 Å². The molecule has 0 aromatic carbocycles. The van der Waals surface area contributed by atoms with Crippen molar-refractivity contribution in [2.75, 3.05) is 0 Å². The number of hydrogen-bond acceptors (Lipinski definition) is 6. The number of amides is 1. The van der Waals surface area contributed by atoms with Crippen LogP contribution in [0.4, 0.5) is 0 Å². The minimum atomic E-state index is -1.32. The summed E-state index contributed by atoms with van der Waals surface area (Å²) in [5.41, 5.74) is 2.42. The van der Waals surface area contributed by atoms with Crippen molar-refractivity contribution in [3.05, 3.63) is 0 Å². The quantitative estimate of drug-likeness (QED) is 0.637. The summed E-state index contributed by atoms with van der Waals surface area (Å²) >= 11 is 0. The summed E-state index contributed by atoms with van der Waals surface area (Å²) in [6, 6.07) is 3.77. The number of carbonyl (C=O) groups is 2. The molecule has 0 bridgehead atoms. The van der Waals surface area contributed by atoms with Gasteiger partial charge in [-0.25, -0.2) is 0 Å². The van der Waals surface area contributed by atoms with Crippen molar-refractivity contribution >= 4 is 11.9 Å². The smallest absolute Gasteiger partial charge is 0.303 e. The third kappa shape index (κ3) is 6.45. The number of carbonyl (C=O) groups excluding carboxylic acids is 1. The lowest BCUT2D eigenvalue weighted by Crippen LogP contribution is -2.26. The normalized spacial score (nSPS) is 16.6. The van der Waals surface area contributed by atoms with E-state index in [9.17, 15) is 9.59 Å². The summed E-state index contributed by atoms with van der Waals surface area (Å²) in [5.74, 6) is -1.60. The molecule has 0 heterocycles. The van der Waals surface area contributed by atoms with E-state index in [4.69, 9.17) is 21.4 Å². The van der Waals surface area contributed by atoms with Gasteiger partial charge in [0.15, 0.2) is 11.1 Å². The van der Waals surface area contributed by atoms with Crippen LogP contribution in [-0.4, -0.2) is 28.1 Å². The molecule has 0 radical (unpaired) electrons. The maximum absolute atomic E-state index is 10.7. The lowest BCUT2D eigenvalue weighted by molar-refractivity contribution is -0.137. The van der Waals surface area contributed by atoms with E-state index >= 15 is 0 Å². The average Bonchev–Trinajstić information content (AvgIpc) is 2.41. The Hall–Kier alpha value is -2.48. The zero-order chi connectivity index (χ0) is 15.8. The van der Waals surface area contributed by atoms with Crippen molar-refractivity contribution in [1.82, 2.24) is 0 Å². The van der Waals surface area contributed by atoms with Gasteiger partial charge in [0.2, 0.25) is 5.91 Å². The van der Waals surface area contributed by atoms with Gasteiger partial charge in [0.25, 0.3) is 0 Å². The molecular weight excluding hydrogens is 262 g/mol. The average molecular weight is 279 g/mol. The molecule has 2 unspecified atom stereocenters. The highest BCUT2D eigenvalue weighted by molar-refractivity contribution is 5.73. The van der Waals surface area contributed by atoms with Crippen LogP contribution < -0.4 is 5.73 Å². The third-order valence-corrected chi connectivity index (χ3v) is 2.66. The third-order valence-electron chi connectivity index (χ3n) is 2.66. The van der Waals surface area contributed by atoms with Crippen LogP contribution in [0.2, 0.25) is 0 Å². The number of nitrogens with zero attached hydrogens (tertiary/aromatic N) is 4. The summed E-state index contributed by atoms with van der Waals surface area (Å²) < 4.78 is 0. The van der Waals surface area contributed by atoms with Crippen molar-refractivity contribution < 1.29 is 14.7 Å². The molecule has 0 aliphatic rings. The number of rotatable bonds is 8. The maximum atomic E-state index is 10.7. The molecule has 0 rings (SSSR count). The molecule has 0 aliphatic carbocycles. The molecule has 3 N–H and O–H groups in total. The topological polar surface area (TPSA) is 153 Å². The van der Waals surface area contributed by atoms with Gasteiger partial charge in [-0.3, -0.25) is 9.59 Å². The van der Waals surface area contributed by atoms with Gasteiger partial charge in [-0.05, 0) is 26.7 Å². The molecular formula is C12H17N5O3. The summed E-state index contributed by atoms with van der Waals surface area (Å²) in [4.78, 5) is 21.2. The molecule has 1 amide bonds. The number of hydrogen-bond donors (Lipinski definition) is 2. The SMILES string of the molecule is CC(C#N)(CCC(N)=O)N=NC(C)(C#N)CCC(=O)O. The maximum Gasteiger partial charge on any atom is 0.303 e. The molecule has 8 nitrogen and oxygen atoms in total. The second kappa shape index (κ2) is 7.19. The van der Waals surface area contributed by atoms with Gasteiger partial charge in [-0.15, -0.1) is 0 Å². The van der Waals surface area contributed by atoms with Gasteiger partial charge in [0.1, 0.15) is 0 Å². The fourth-order valence-corrected chi connectivity index (χ4v) is 1.19. The largest absolute Gasteiger partial charge is 0.481 e. The molecule has 0 saturated heterocycles. The Bertz CT molecular complexity index is 446. The predicted molar refractivity (Wildman–Crippen MR) is 68.2 cm³/mol.